The van der Waals surface area contributed by atoms with E-state index in [1.807, 2.05) is 24.3 Å². The second-order valence-electron chi connectivity index (χ2n) is 8.30. The van der Waals surface area contributed by atoms with E-state index in [4.69, 9.17) is 4.74 Å². The number of hydrogen-bond donors (Lipinski definition) is 3. The molecular weight excluding hydrogens is 458 g/mol. The first-order chi connectivity index (χ1) is 17.3. The maximum atomic E-state index is 12.9. The maximum Gasteiger partial charge on any atom is 0.255 e. The van der Waals surface area contributed by atoms with Gasteiger partial charge in [-0.1, -0.05) is 12.1 Å². The number of aliphatic hydroxyl groups excluding tert-OH is 1. The Balaban J connectivity index is 1.68. The molecule has 2 amide bonds. The smallest absolute Gasteiger partial charge is 0.255 e. The number of methoxy groups -OCH3 is 1. The van der Waals surface area contributed by atoms with Gasteiger partial charge in [-0.05, 0) is 42.5 Å². The first-order valence-corrected chi connectivity index (χ1v) is 11.3. The van der Waals surface area contributed by atoms with E-state index >= 15 is 0 Å². The summed E-state index contributed by atoms with van der Waals surface area (Å²) in [5, 5.41) is 16.4. The zero-order valence-corrected chi connectivity index (χ0v) is 20.5. The van der Waals surface area contributed by atoms with E-state index < -0.39 is 0 Å². The molecular formula is C27H27N5O4. The molecule has 3 N–H and O–H groups in total. The van der Waals surface area contributed by atoms with Crippen molar-refractivity contribution in [3.8, 4) is 17.0 Å². The average molecular weight is 486 g/mol. The monoisotopic (exact) mass is 485 g/mol. The van der Waals surface area contributed by atoms with Gasteiger partial charge in [0.2, 0.25) is 5.95 Å². The summed E-state index contributed by atoms with van der Waals surface area (Å²) in [6, 6.07) is 17.4. The topological polar surface area (TPSA) is 117 Å². The van der Waals surface area contributed by atoms with Crippen LogP contribution < -0.4 is 15.4 Å². The first-order valence-electron chi connectivity index (χ1n) is 11.3. The number of aliphatic hydroxyl groups is 1. The zero-order chi connectivity index (χ0) is 25.8. The Labute approximate surface area is 208 Å². The number of nitrogens with one attached hydrogen (secondary N) is 2. The van der Waals surface area contributed by atoms with Gasteiger partial charge in [0.25, 0.3) is 11.8 Å². The van der Waals surface area contributed by atoms with Gasteiger partial charge < -0.3 is 25.4 Å². The van der Waals surface area contributed by atoms with Crippen LogP contribution in [-0.4, -0.2) is 60.0 Å². The molecule has 0 fully saturated rings. The number of hydrogen-bond acceptors (Lipinski definition) is 7. The summed E-state index contributed by atoms with van der Waals surface area (Å²) < 4.78 is 5.39. The van der Waals surface area contributed by atoms with E-state index in [0.717, 1.165) is 10.9 Å². The van der Waals surface area contributed by atoms with Crippen LogP contribution in [0.2, 0.25) is 0 Å². The molecule has 1 heterocycles. The Morgan fingerprint density at radius 3 is 2.36 bits per heavy atom. The van der Waals surface area contributed by atoms with Crippen LogP contribution in [0.3, 0.4) is 0 Å². The molecule has 0 unspecified atom stereocenters. The number of nitrogens with zero attached hydrogens (tertiary/aromatic N) is 3. The molecule has 1 aromatic heterocycles. The number of fused-ring (bicyclic) bond motifs is 1. The van der Waals surface area contributed by atoms with Gasteiger partial charge in [-0.2, -0.15) is 0 Å². The predicted octanol–water partition coefficient (Wildman–Crippen LogP) is 3.79. The van der Waals surface area contributed by atoms with Crippen molar-refractivity contribution in [2.75, 3.05) is 38.9 Å². The van der Waals surface area contributed by atoms with Crippen molar-refractivity contribution < 1.29 is 19.4 Å². The summed E-state index contributed by atoms with van der Waals surface area (Å²) in [4.78, 5) is 35.6. The van der Waals surface area contributed by atoms with Gasteiger partial charge in [-0.3, -0.25) is 9.59 Å². The minimum atomic E-state index is -0.299. The van der Waals surface area contributed by atoms with Crippen LogP contribution in [-0.2, 0) is 6.61 Å². The van der Waals surface area contributed by atoms with Crippen LogP contribution in [0.4, 0.5) is 11.6 Å². The third kappa shape index (κ3) is 4.96. The van der Waals surface area contributed by atoms with Gasteiger partial charge in [-0.15, -0.1) is 0 Å². The lowest BCUT2D eigenvalue weighted by Gasteiger charge is -2.13. The number of carbonyl (C=O) groups excluding carboxylic acids is 2. The molecule has 4 rings (SSSR count). The number of anilines is 2. The van der Waals surface area contributed by atoms with Crippen molar-refractivity contribution >= 4 is 34.4 Å². The van der Waals surface area contributed by atoms with Crippen molar-refractivity contribution in [1.82, 2.24) is 14.9 Å². The Hall–Kier alpha value is -4.50. The molecule has 0 aliphatic carbocycles. The number of ether oxygens (including phenoxy) is 1. The van der Waals surface area contributed by atoms with E-state index in [-0.39, 0.29) is 18.4 Å². The highest BCUT2D eigenvalue weighted by Crippen LogP contribution is 2.33. The highest BCUT2D eigenvalue weighted by atomic mass is 16.5. The standard InChI is InChI=1S/C27H27N5O4/c1-28-27-30-22-14-23(36-4)19(15-33)13-21(22)24(31-27)18-6-5-7-20(12-18)29-25(34)16-8-10-17(11-9-16)26(35)32(2)3/h5-14,33H,15H2,1-4H3,(H,29,34)(H,28,30,31). The highest BCUT2D eigenvalue weighted by molar-refractivity contribution is 6.05. The van der Waals surface area contributed by atoms with Crippen molar-refractivity contribution in [2.45, 2.75) is 6.61 Å². The fourth-order valence-electron chi connectivity index (χ4n) is 3.82. The number of amides is 2. The van der Waals surface area contributed by atoms with Crippen molar-refractivity contribution in [3.63, 3.8) is 0 Å². The molecule has 0 saturated carbocycles. The SMILES string of the molecule is CNc1nc(-c2cccc(NC(=O)c3ccc(C(=O)N(C)C)cc3)c2)c2cc(CO)c(OC)cc2n1. The molecule has 184 valence electrons. The molecule has 9 nitrogen and oxygen atoms in total. The minimum absolute atomic E-state index is 0.130. The van der Waals surface area contributed by atoms with Gasteiger partial charge in [0.1, 0.15) is 5.75 Å². The predicted molar refractivity (Wildman–Crippen MR) is 139 cm³/mol. The van der Waals surface area contributed by atoms with Crippen LogP contribution in [0.5, 0.6) is 5.75 Å². The molecule has 0 aliphatic rings. The maximum absolute atomic E-state index is 12.9. The summed E-state index contributed by atoms with van der Waals surface area (Å²) >= 11 is 0. The van der Waals surface area contributed by atoms with Crippen molar-refractivity contribution in [3.05, 3.63) is 77.4 Å². The van der Waals surface area contributed by atoms with Crippen LogP contribution in [0, 0.1) is 0 Å². The first kappa shape index (κ1) is 24.6. The van der Waals surface area contributed by atoms with Gasteiger partial charge in [0.05, 0.1) is 24.9 Å². The molecule has 3 aromatic carbocycles. The summed E-state index contributed by atoms with van der Waals surface area (Å²) in [6.45, 7) is -0.193. The van der Waals surface area contributed by atoms with Gasteiger partial charge in [0.15, 0.2) is 0 Å². The second-order valence-corrected chi connectivity index (χ2v) is 8.30. The minimum Gasteiger partial charge on any atom is -0.496 e. The summed E-state index contributed by atoms with van der Waals surface area (Å²) in [5.74, 6) is 0.538. The fourth-order valence-corrected chi connectivity index (χ4v) is 3.82. The molecule has 0 bridgehead atoms. The second kappa shape index (κ2) is 10.4. The molecule has 0 saturated heterocycles. The molecule has 9 heteroatoms. The van der Waals surface area contributed by atoms with E-state index in [1.165, 1.54) is 4.90 Å². The van der Waals surface area contributed by atoms with Gasteiger partial charge in [0, 0.05) is 60.5 Å². The Morgan fingerprint density at radius 2 is 1.72 bits per heavy atom. The fraction of sp³-hybridized carbons (Fsp3) is 0.185. The van der Waals surface area contributed by atoms with Crippen LogP contribution in [0.15, 0.2) is 60.7 Å². The molecule has 4 aromatic rings. The lowest BCUT2D eigenvalue weighted by molar-refractivity contribution is 0.0827. The van der Waals surface area contributed by atoms with E-state index in [1.54, 1.807) is 64.7 Å². The van der Waals surface area contributed by atoms with Crippen LogP contribution in [0.1, 0.15) is 26.3 Å². The molecule has 0 spiro atoms. The lowest BCUT2D eigenvalue weighted by Crippen LogP contribution is -2.21. The Morgan fingerprint density at radius 1 is 1.00 bits per heavy atom. The van der Waals surface area contributed by atoms with Crippen LogP contribution in [0.25, 0.3) is 22.2 Å². The van der Waals surface area contributed by atoms with E-state index in [2.05, 4.69) is 20.6 Å². The number of aromatic nitrogens is 2. The molecule has 0 radical (unpaired) electrons. The summed E-state index contributed by atoms with van der Waals surface area (Å²) in [7, 11) is 6.63. The van der Waals surface area contributed by atoms with Crippen LogP contribution >= 0.6 is 0 Å². The third-order valence-electron chi connectivity index (χ3n) is 5.69. The molecule has 0 atom stereocenters. The molecule has 36 heavy (non-hydrogen) atoms. The average Bonchev–Trinajstić information content (AvgIpc) is 2.91. The normalized spacial score (nSPS) is 10.7. The highest BCUT2D eigenvalue weighted by Gasteiger charge is 2.15. The quantitative estimate of drug-likeness (QED) is 0.365. The summed E-state index contributed by atoms with van der Waals surface area (Å²) in [6.07, 6.45) is 0. The Bertz CT molecular complexity index is 1430. The van der Waals surface area contributed by atoms with Crippen molar-refractivity contribution in [1.29, 1.82) is 0 Å². The summed E-state index contributed by atoms with van der Waals surface area (Å²) in [5.41, 5.74) is 4.20. The molecule has 0 aliphatic heterocycles. The third-order valence-corrected chi connectivity index (χ3v) is 5.69. The largest absolute Gasteiger partial charge is 0.496 e. The zero-order valence-electron chi connectivity index (χ0n) is 20.5. The number of benzene rings is 3. The number of carbonyl (C=O) groups is 2. The van der Waals surface area contributed by atoms with E-state index in [0.29, 0.717) is 45.3 Å². The van der Waals surface area contributed by atoms with Gasteiger partial charge in [-0.25, -0.2) is 9.97 Å². The Kier molecular flexibility index (Phi) is 7.12. The van der Waals surface area contributed by atoms with Gasteiger partial charge >= 0.3 is 0 Å². The number of rotatable bonds is 7. The lowest BCUT2D eigenvalue weighted by atomic mass is 10.0. The van der Waals surface area contributed by atoms with E-state index in [9.17, 15) is 14.7 Å². The van der Waals surface area contributed by atoms with Crippen molar-refractivity contribution in [2.24, 2.45) is 0 Å².